The van der Waals surface area contributed by atoms with E-state index in [0.717, 1.165) is 0 Å². The number of esters is 1. The quantitative estimate of drug-likeness (QED) is 0.609. The summed E-state index contributed by atoms with van der Waals surface area (Å²) in [7, 11) is 0. The lowest BCUT2D eigenvalue weighted by molar-refractivity contribution is -0.157. The Morgan fingerprint density at radius 1 is 1.11 bits per heavy atom. The van der Waals surface area contributed by atoms with Gasteiger partial charge in [0.1, 0.15) is 11.4 Å². The minimum atomic E-state index is -0.515. The molecule has 0 atom stereocenters. The summed E-state index contributed by atoms with van der Waals surface area (Å²) in [5.41, 5.74) is 0.0958. The largest absolute Gasteiger partial charge is 0.482 e. The van der Waals surface area contributed by atoms with E-state index >= 15 is 0 Å². The third kappa shape index (κ3) is 4.99. The van der Waals surface area contributed by atoms with Crippen molar-refractivity contribution in [3.05, 3.63) is 29.8 Å². The van der Waals surface area contributed by atoms with E-state index in [4.69, 9.17) is 9.47 Å². The van der Waals surface area contributed by atoms with Crippen LogP contribution in [0.25, 0.3) is 0 Å². The summed E-state index contributed by atoms with van der Waals surface area (Å²) in [6.45, 7) is 6.75. The van der Waals surface area contributed by atoms with Gasteiger partial charge in [-0.15, -0.1) is 0 Å². The van der Waals surface area contributed by atoms with Crippen LogP contribution in [0.15, 0.2) is 24.3 Å². The fourth-order valence-corrected chi connectivity index (χ4v) is 1.30. The number of benzene rings is 1. The van der Waals surface area contributed by atoms with E-state index in [1.54, 1.807) is 45.0 Å². The van der Waals surface area contributed by atoms with E-state index in [1.807, 2.05) is 0 Å². The molecule has 0 unspecified atom stereocenters. The first kappa shape index (κ1) is 14.2. The van der Waals surface area contributed by atoms with Gasteiger partial charge in [0, 0.05) is 5.56 Å². The van der Waals surface area contributed by atoms with E-state index in [9.17, 15) is 9.59 Å². The zero-order valence-electron chi connectivity index (χ0n) is 11.1. The monoisotopic (exact) mass is 250 g/mol. The summed E-state index contributed by atoms with van der Waals surface area (Å²) in [6, 6.07) is 6.63. The van der Waals surface area contributed by atoms with Gasteiger partial charge >= 0.3 is 5.97 Å². The van der Waals surface area contributed by atoms with Gasteiger partial charge < -0.3 is 9.47 Å². The third-order valence-electron chi connectivity index (χ3n) is 2.04. The molecule has 1 aromatic carbocycles. The predicted molar refractivity (Wildman–Crippen MR) is 67.8 cm³/mol. The van der Waals surface area contributed by atoms with Crippen LogP contribution in [-0.2, 0) is 9.53 Å². The van der Waals surface area contributed by atoms with Crippen LogP contribution in [-0.4, -0.2) is 24.0 Å². The minimum absolute atomic E-state index is 0.00584. The Morgan fingerprint density at radius 3 is 2.11 bits per heavy atom. The topological polar surface area (TPSA) is 52.6 Å². The number of Topliss-reactive ketones (excluding diaryl/α,β-unsaturated/α-hetero) is 1. The number of ketones is 1. The molecule has 0 fully saturated rings. The van der Waals surface area contributed by atoms with Gasteiger partial charge in [0.05, 0.1) is 0 Å². The molecule has 1 rings (SSSR count). The second kappa shape index (κ2) is 5.67. The van der Waals surface area contributed by atoms with Crippen LogP contribution in [0.5, 0.6) is 5.75 Å². The highest BCUT2D eigenvalue weighted by Crippen LogP contribution is 2.13. The molecule has 0 saturated carbocycles. The molecule has 0 N–H and O–H groups in total. The summed E-state index contributed by atoms with van der Waals surface area (Å²) < 4.78 is 10.4. The maximum atomic E-state index is 11.4. The lowest BCUT2D eigenvalue weighted by Crippen LogP contribution is -2.27. The molecule has 0 aromatic heterocycles. The van der Waals surface area contributed by atoms with Gasteiger partial charge in [0.2, 0.25) is 0 Å². The highest BCUT2D eigenvalue weighted by Gasteiger charge is 2.16. The third-order valence-corrected chi connectivity index (χ3v) is 2.04. The van der Waals surface area contributed by atoms with E-state index in [0.29, 0.717) is 11.3 Å². The van der Waals surface area contributed by atoms with E-state index < -0.39 is 11.6 Å². The van der Waals surface area contributed by atoms with Crippen molar-refractivity contribution in [3.8, 4) is 5.75 Å². The Bertz CT molecular complexity index is 426. The summed E-state index contributed by atoms with van der Waals surface area (Å²) in [5, 5.41) is 0. The number of hydrogen-bond acceptors (Lipinski definition) is 4. The van der Waals surface area contributed by atoms with Crippen LogP contribution in [0.2, 0.25) is 0 Å². The van der Waals surface area contributed by atoms with Crippen LogP contribution in [0.1, 0.15) is 38.1 Å². The van der Waals surface area contributed by atoms with E-state index in [2.05, 4.69) is 0 Å². The molecule has 0 heterocycles. The first-order valence-electron chi connectivity index (χ1n) is 5.73. The summed E-state index contributed by atoms with van der Waals surface area (Å²) in [6.07, 6.45) is 0. The maximum Gasteiger partial charge on any atom is 0.344 e. The smallest absolute Gasteiger partial charge is 0.344 e. The normalized spacial score (nSPS) is 10.9. The second-order valence-corrected chi connectivity index (χ2v) is 4.96. The lowest BCUT2D eigenvalue weighted by atomic mass is 10.1. The number of carbonyl (C=O) groups excluding carboxylic acids is 2. The lowest BCUT2D eigenvalue weighted by Gasteiger charge is -2.19. The van der Waals surface area contributed by atoms with Crippen LogP contribution in [0, 0.1) is 0 Å². The first-order chi connectivity index (χ1) is 8.28. The Kier molecular flexibility index (Phi) is 4.48. The van der Waals surface area contributed by atoms with Crippen LogP contribution >= 0.6 is 0 Å². The first-order valence-corrected chi connectivity index (χ1v) is 5.73. The molecule has 98 valence electrons. The van der Waals surface area contributed by atoms with Gasteiger partial charge in [-0.05, 0) is 52.0 Å². The molecule has 0 aliphatic carbocycles. The Hall–Kier alpha value is -1.84. The Morgan fingerprint density at radius 2 is 1.67 bits per heavy atom. The molecular weight excluding hydrogens is 232 g/mol. The van der Waals surface area contributed by atoms with E-state index in [-0.39, 0.29) is 12.4 Å². The molecule has 0 aliphatic heterocycles. The highest BCUT2D eigenvalue weighted by atomic mass is 16.6. The molecule has 0 bridgehead atoms. The zero-order chi connectivity index (χ0) is 13.8. The van der Waals surface area contributed by atoms with Crippen molar-refractivity contribution < 1.29 is 19.1 Å². The number of rotatable bonds is 4. The molecule has 1 aromatic rings. The summed E-state index contributed by atoms with van der Waals surface area (Å²) >= 11 is 0. The van der Waals surface area contributed by atoms with Crippen molar-refractivity contribution in [3.63, 3.8) is 0 Å². The standard InChI is InChI=1S/C14H18O4/c1-10(15)11-5-7-12(8-6-11)17-9-13(16)18-14(2,3)4/h5-8H,9H2,1-4H3. The summed E-state index contributed by atoms with van der Waals surface area (Å²) in [5.74, 6) is 0.109. The fourth-order valence-electron chi connectivity index (χ4n) is 1.30. The zero-order valence-corrected chi connectivity index (χ0v) is 11.1. The van der Waals surface area contributed by atoms with Gasteiger partial charge in [-0.3, -0.25) is 4.79 Å². The molecule has 18 heavy (non-hydrogen) atoms. The van der Waals surface area contributed by atoms with Crippen molar-refractivity contribution in [2.45, 2.75) is 33.3 Å². The molecule has 0 amide bonds. The molecule has 0 radical (unpaired) electrons. The van der Waals surface area contributed by atoms with Crippen LogP contribution in [0.3, 0.4) is 0 Å². The minimum Gasteiger partial charge on any atom is -0.482 e. The number of carbonyl (C=O) groups is 2. The summed E-state index contributed by atoms with van der Waals surface area (Å²) in [4.78, 5) is 22.5. The van der Waals surface area contributed by atoms with Crippen LogP contribution < -0.4 is 4.74 Å². The Labute approximate surface area is 107 Å². The molecule has 0 aliphatic rings. The van der Waals surface area contributed by atoms with Crippen molar-refractivity contribution in [2.75, 3.05) is 6.61 Å². The average Bonchev–Trinajstić information content (AvgIpc) is 2.24. The van der Waals surface area contributed by atoms with Gasteiger partial charge in [-0.25, -0.2) is 4.79 Å². The second-order valence-electron chi connectivity index (χ2n) is 4.96. The average molecular weight is 250 g/mol. The van der Waals surface area contributed by atoms with Crippen molar-refractivity contribution in [2.24, 2.45) is 0 Å². The molecule has 4 nitrogen and oxygen atoms in total. The maximum absolute atomic E-state index is 11.4. The highest BCUT2D eigenvalue weighted by molar-refractivity contribution is 5.94. The molecule has 0 saturated heterocycles. The number of ether oxygens (including phenoxy) is 2. The van der Waals surface area contributed by atoms with Crippen molar-refractivity contribution in [1.29, 1.82) is 0 Å². The Balaban J connectivity index is 2.49. The van der Waals surface area contributed by atoms with Gasteiger partial charge in [-0.1, -0.05) is 0 Å². The van der Waals surface area contributed by atoms with Crippen molar-refractivity contribution in [1.82, 2.24) is 0 Å². The fraction of sp³-hybridized carbons (Fsp3) is 0.429. The van der Waals surface area contributed by atoms with E-state index in [1.165, 1.54) is 6.92 Å². The number of hydrogen-bond donors (Lipinski definition) is 0. The van der Waals surface area contributed by atoms with Crippen LogP contribution in [0.4, 0.5) is 0 Å². The molecule has 0 spiro atoms. The van der Waals surface area contributed by atoms with Gasteiger partial charge in [0.15, 0.2) is 12.4 Å². The molecule has 4 heteroatoms. The van der Waals surface area contributed by atoms with Gasteiger partial charge in [-0.2, -0.15) is 0 Å². The molecular formula is C14H18O4. The van der Waals surface area contributed by atoms with Crippen molar-refractivity contribution >= 4 is 11.8 Å². The van der Waals surface area contributed by atoms with Gasteiger partial charge in [0.25, 0.3) is 0 Å². The SMILES string of the molecule is CC(=O)c1ccc(OCC(=O)OC(C)(C)C)cc1. The predicted octanol–water partition coefficient (Wildman–Crippen LogP) is 2.61.